The van der Waals surface area contributed by atoms with Crippen molar-refractivity contribution in [1.82, 2.24) is 0 Å². The number of allylic oxidation sites excluding steroid dienone is 1. The Labute approximate surface area is 133 Å². The Morgan fingerprint density at radius 1 is 0.864 bits per heavy atom. The Kier molecular flexibility index (Phi) is 4.47. The summed E-state index contributed by atoms with van der Waals surface area (Å²) >= 11 is 1.45. The van der Waals surface area contributed by atoms with Crippen LogP contribution in [0.1, 0.15) is 15.2 Å². The Hall–Kier alpha value is -2.65. The normalized spacial score (nSPS) is 11.2. The van der Waals surface area contributed by atoms with Crippen LogP contribution in [0.15, 0.2) is 84.3 Å². The second-order valence-electron chi connectivity index (χ2n) is 4.76. The van der Waals surface area contributed by atoms with Crippen LogP contribution in [0.2, 0.25) is 0 Å². The molecule has 2 aromatic carbocycles. The maximum atomic E-state index is 12.4. The summed E-state index contributed by atoms with van der Waals surface area (Å²) in [7, 11) is 0. The van der Waals surface area contributed by atoms with Crippen LogP contribution in [-0.2, 0) is 0 Å². The van der Waals surface area contributed by atoms with Gasteiger partial charge in [-0.25, -0.2) is 0 Å². The molecule has 0 saturated carbocycles. The first-order chi connectivity index (χ1) is 10.8. The first kappa shape index (κ1) is 14.3. The van der Waals surface area contributed by atoms with Gasteiger partial charge < -0.3 is 5.32 Å². The molecule has 0 aliphatic heterocycles. The lowest BCUT2D eigenvalue weighted by Gasteiger charge is -2.11. The van der Waals surface area contributed by atoms with Gasteiger partial charge in [0.1, 0.15) is 0 Å². The van der Waals surface area contributed by atoms with E-state index in [-0.39, 0.29) is 5.78 Å². The Balaban J connectivity index is 1.94. The van der Waals surface area contributed by atoms with E-state index in [1.54, 1.807) is 6.08 Å². The number of rotatable bonds is 5. The monoisotopic (exact) mass is 305 g/mol. The molecule has 0 aliphatic carbocycles. The second kappa shape index (κ2) is 6.87. The zero-order chi connectivity index (χ0) is 15.2. The molecule has 0 fully saturated rings. The minimum absolute atomic E-state index is 0.0114. The third-order valence-corrected chi connectivity index (χ3v) is 4.06. The highest BCUT2D eigenvalue weighted by atomic mass is 32.1. The van der Waals surface area contributed by atoms with E-state index in [0.29, 0.717) is 0 Å². The summed E-state index contributed by atoms with van der Waals surface area (Å²) in [6, 6.07) is 23.5. The summed E-state index contributed by atoms with van der Waals surface area (Å²) in [5.41, 5.74) is 2.73. The largest absolute Gasteiger partial charge is 0.355 e. The molecule has 3 aromatic rings. The van der Waals surface area contributed by atoms with Gasteiger partial charge in [-0.15, -0.1) is 11.3 Å². The Bertz CT molecular complexity index is 762. The number of carbonyl (C=O) groups is 1. The number of benzene rings is 2. The van der Waals surface area contributed by atoms with E-state index in [1.807, 2.05) is 78.2 Å². The molecule has 0 amide bonds. The van der Waals surface area contributed by atoms with Gasteiger partial charge >= 0.3 is 0 Å². The molecule has 3 heteroatoms. The molecule has 0 unspecified atom stereocenters. The van der Waals surface area contributed by atoms with Crippen molar-refractivity contribution in [2.45, 2.75) is 0 Å². The van der Waals surface area contributed by atoms with Crippen LogP contribution in [0.4, 0.5) is 5.69 Å². The standard InChI is InChI=1S/C19H15NOS/c21-18(19-12-7-13-22-19)14-17(15-8-3-1-4-9-15)20-16-10-5-2-6-11-16/h1-14,20H/b17-14-. The van der Waals surface area contributed by atoms with Crippen molar-refractivity contribution < 1.29 is 4.79 Å². The summed E-state index contributed by atoms with van der Waals surface area (Å²) in [4.78, 5) is 13.1. The van der Waals surface area contributed by atoms with Gasteiger partial charge in [0.05, 0.1) is 4.88 Å². The molecule has 0 radical (unpaired) electrons. The third kappa shape index (κ3) is 3.51. The highest BCUT2D eigenvalue weighted by Gasteiger charge is 2.08. The molecule has 22 heavy (non-hydrogen) atoms. The van der Waals surface area contributed by atoms with E-state index < -0.39 is 0 Å². The zero-order valence-electron chi connectivity index (χ0n) is 11.9. The number of nitrogens with one attached hydrogen (secondary N) is 1. The summed E-state index contributed by atoms with van der Waals surface area (Å²) in [5, 5.41) is 5.24. The topological polar surface area (TPSA) is 29.1 Å². The van der Waals surface area contributed by atoms with E-state index in [2.05, 4.69) is 5.32 Å². The SMILES string of the molecule is O=C(/C=C(\Nc1ccccc1)c1ccccc1)c1cccs1. The molecular weight excluding hydrogens is 290 g/mol. The number of para-hydroxylation sites is 1. The zero-order valence-corrected chi connectivity index (χ0v) is 12.7. The molecule has 1 heterocycles. The molecule has 0 bridgehead atoms. The fourth-order valence-electron chi connectivity index (χ4n) is 2.11. The van der Waals surface area contributed by atoms with E-state index >= 15 is 0 Å². The number of hydrogen-bond donors (Lipinski definition) is 1. The first-order valence-electron chi connectivity index (χ1n) is 7.00. The molecular formula is C19H15NOS. The van der Waals surface area contributed by atoms with Gasteiger partial charge in [-0.2, -0.15) is 0 Å². The van der Waals surface area contributed by atoms with E-state index in [4.69, 9.17) is 0 Å². The minimum atomic E-state index is 0.0114. The van der Waals surface area contributed by atoms with Crippen LogP contribution in [-0.4, -0.2) is 5.78 Å². The van der Waals surface area contributed by atoms with Crippen molar-refractivity contribution in [1.29, 1.82) is 0 Å². The van der Waals surface area contributed by atoms with Crippen LogP contribution < -0.4 is 5.32 Å². The van der Waals surface area contributed by atoms with Gasteiger partial charge in [-0.3, -0.25) is 4.79 Å². The fraction of sp³-hybridized carbons (Fsp3) is 0. The predicted octanol–water partition coefficient (Wildman–Crippen LogP) is 5.08. The van der Waals surface area contributed by atoms with Crippen LogP contribution in [0.5, 0.6) is 0 Å². The van der Waals surface area contributed by atoms with Crippen LogP contribution in [0.25, 0.3) is 5.70 Å². The van der Waals surface area contributed by atoms with Crippen molar-refractivity contribution in [3.8, 4) is 0 Å². The molecule has 108 valence electrons. The van der Waals surface area contributed by atoms with Crippen LogP contribution in [0.3, 0.4) is 0 Å². The number of ketones is 1. The van der Waals surface area contributed by atoms with Gasteiger partial charge in [0.15, 0.2) is 5.78 Å². The smallest absolute Gasteiger partial charge is 0.197 e. The Morgan fingerprint density at radius 2 is 1.55 bits per heavy atom. The molecule has 0 spiro atoms. The van der Waals surface area contributed by atoms with Gasteiger partial charge in [0, 0.05) is 17.5 Å². The van der Waals surface area contributed by atoms with E-state index in [0.717, 1.165) is 21.8 Å². The van der Waals surface area contributed by atoms with Crippen molar-refractivity contribution in [3.05, 3.63) is 94.7 Å². The average Bonchev–Trinajstić information content (AvgIpc) is 3.11. The summed E-state index contributed by atoms with van der Waals surface area (Å²) in [5.74, 6) is 0.0114. The fourth-order valence-corrected chi connectivity index (χ4v) is 2.74. The lowest BCUT2D eigenvalue weighted by Crippen LogP contribution is -2.02. The summed E-state index contributed by atoms with van der Waals surface area (Å²) in [6.07, 6.45) is 1.66. The molecule has 0 saturated heterocycles. The lowest BCUT2D eigenvalue weighted by molar-refractivity contribution is 0.105. The lowest BCUT2D eigenvalue weighted by atomic mass is 10.1. The molecule has 1 N–H and O–H groups in total. The number of hydrogen-bond acceptors (Lipinski definition) is 3. The highest BCUT2D eigenvalue weighted by Crippen LogP contribution is 2.20. The van der Waals surface area contributed by atoms with Crippen molar-refractivity contribution in [2.75, 3.05) is 5.32 Å². The minimum Gasteiger partial charge on any atom is -0.355 e. The van der Waals surface area contributed by atoms with Gasteiger partial charge in [0.2, 0.25) is 0 Å². The van der Waals surface area contributed by atoms with E-state index in [1.165, 1.54) is 11.3 Å². The van der Waals surface area contributed by atoms with E-state index in [9.17, 15) is 4.79 Å². The molecule has 0 atom stereocenters. The van der Waals surface area contributed by atoms with Crippen LogP contribution in [0, 0.1) is 0 Å². The van der Waals surface area contributed by atoms with Gasteiger partial charge in [-0.1, -0.05) is 54.6 Å². The average molecular weight is 305 g/mol. The first-order valence-corrected chi connectivity index (χ1v) is 7.88. The quantitative estimate of drug-likeness (QED) is 0.526. The second-order valence-corrected chi connectivity index (χ2v) is 5.70. The van der Waals surface area contributed by atoms with Crippen molar-refractivity contribution >= 4 is 28.5 Å². The Morgan fingerprint density at radius 3 is 2.18 bits per heavy atom. The molecule has 3 rings (SSSR count). The van der Waals surface area contributed by atoms with Gasteiger partial charge in [-0.05, 0) is 29.1 Å². The number of thiophene rings is 1. The molecule has 2 nitrogen and oxygen atoms in total. The predicted molar refractivity (Wildman–Crippen MR) is 93.1 cm³/mol. The summed E-state index contributed by atoms with van der Waals surface area (Å²) in [6.45, 7) is 0. The van der Waals surface area contributed by atoms with Gasteiger partial charge in [0.25, 0.3) is 0 Å². The van der Waals surface area contributed by atoms with Crippen molar-refractivity contribution in [3.63, 3.8) is 0 Å². The number of anilines is 1. The molecule has 1 aromatic heterocycles. The van der Waals surface area contributed by atoms with Crippen LogP contribution >= 0.6 is 11.3 Å². The maximum absolute atomic E-state index is 12.4. The van der Waals surface area contributed by atoms with Crippen molar-refractivity contribution in [2.24, 2.45) is 0 Å². The third-order valence-electron chi connectivity index (χ3n) is 3.18. The molecule has 0 aliphatic rings. The summed E-state index contributed by atoms with van der Waals surface area (Å²) < 4.78 is 0. The maximum Gasteiger partial charge on any atom is 0.197 e. The number of carbonyl (C=O) groups excluding carboxylic acids is 1. The highest BCUT2D eigenvalue weighted by molar-refractivity contribution is 7.12.